The molecule has 1 aromatic carbocycles. The molecular formula is C18H24FNO2. The third-order valence-electron chi connectivity index (χ3n) is 4.99. The van der Waals surface area contributed by atoms with Crippen LogP contribution in [0, 0.1) is 17.7 Å². The SMILES string of the molecule is O=C(N[C@H]1CCC[C@H]1Cc1ccc(F)cc1)C1CCOCC1. The van der Waals surface area contributed by atoms with Crippen LogP contribution in [0.5, 0.6) is 0 Å². The molecule has 4 heteroatoms. The molecule has 0 radical (unpaired) electrons. The van der Waals surface area contributed by atoms with Crippen molar-refractivity contribution in [2.75, 3.05) is 13.2 Å². The minimum Gasteiger partial charge on any atom is -0.381 e. The second-order valence-electron chi connectivity index (χ2n) is 6.52. The van der Waals surface area contributed by atoms with E-state index in [0.29, 0.717) is 19.1 Å². The van der Waals surface area contributed by atoms with Gasteiger partial charge in [0.05, 0.1) is 0 Å². The van der Waals surface area contributed by atoms with Crippen LogP contribution in [-0.2, 0) is 16.0 Å². The summed E-state index contributed by atoms with van der Waals surface area (Å²) in [5, 5.41) is 3.26. The van der Waals surface area contributed by atoms with Gasteiger partial charge < -0.3 is 10.1 Å². The average Bonchev–Trinajstić information content (AvgIpc) is 2.97. The number of ether oxygens (including phenoxy) is 1. The lowest BCUT2D eigenvalue weighted by molar-refractivity contribution is -0.128. The first-order valence-corrected chi connectivity index (χ1v) is 8.35. The predicted molar refractivity (Wildman–Crippen MR) is 82.9 cm³/mol. The first-order valence-electron chi connectivity index (χ1n) is 8.35. The Bertz CT molecular complexity index is 496. The van der Waals surface area contributed by atoms with Crippen molar-refractivity contribution in [3.05, 3.63) is 35.6 Å². The molecule has 2 fully saturated rings. The predicted octanol–water partition coefficient (Wildman–Crippen LogP) is 3.08. The highest BCUT2D eigenvalue weighted by atomic mass is 19.1. The summed E-state index contributed by atoms with van der Waals surface area (Å²) in [6, 6.07) is 7.00. The lowest BCUT2D eigenvalue weighted by Gasteiger charge is -2.26. The van der Waals surface area contributed by atoms with Gasteiger partial charge in [-0.05, 0) is 55.7 Å². The highest BCUT2D eigenvalue weighted by Crippen LogP contribution is 2.29. The highest BCUT2D eigenvalue weighted by molar-refractivity contribution is 5.79. The zero-order chi connectivity index (χ0) is 15.4. The molecule has 0 aromatic heterocycles. The van der Waals surface area contributed by atoms with Gasteiger partial charge in [0, 0.05) is 25.2 Å². The van der Waals surface area contributed by atoms with E-state index in [9.17, 15) is 9.18 Å². The van der Waals surface area contributed by atoms with Crippen LogP contribution in [0.1, 0.15) is 37.7 Å². The minimum atomic E-state index is -0.195. The Hall–Kier alpha value is -1.42. The van der Waals surface area contributed by atoms with E-state index in [0.717, 1.165) is 44.1 Å². The third-order valence-corrected chi connectivity index (χ3v) is 4.99. The number of hydrogen-bond acceptors (Lipinski definition) is 2. The molecule has 2 aliphatic rings. The van der Waals surface area contributed by atoms with Gasteiger partial charge >= 0.3 is 0 Å². The zero-order valence-electron chi connectivity index (χ0n) is 12.9. The minimum absolute atomic E-state index is 0.112. The first kappa shape index (κ1) is 15.5. The third kappa shape index (κ3) is 3.86. The maximum Gasteiger partial charge on any atom is 0.223 e. The van der Waals surface area contributed by atoms with Gasteiger partial charge in [-0.3, -0.25) is 4.79 Å². The molecule has 0 unspecified atom stereocenters. The smallest absolute Gasteiger partial charge is 0.223 e. The summed E-state index contributed by atoms with van der Waals surface area (Å²) in [6.45, 7) is 1.39. The molecule has 22 heavy (non-hydrogen) atoms. The molecule has 0 spiro atoms. The molecule has 1 saturated carbocycles. The van der Waals surface area contributed by atoms with Crippen molar-refractivity contribution >= 4 is 5.91 Å². The summed E-state index contributed by atoms with van der Waals surface area (Å²) in [6.07, 6.45) is 5.93. The number of benzene rings is 1. The molecule has 3 rings (SSSR count). The van der Waals surface area contributed by atoms with Crippen molar-refractivity contribution < 1.29 is 13.9 Å². The summed E-state index contributed by atoms with van der Waals surface area (Å²) in [7, 11) is 0. The largest absolute Gasteiger partial charge is 0.381 e. The number of carbonyl (C=O) groups is 1. The lowest BCUT2D eigenvalue weighted by Crippen LogP contribution is -2.42. The number of nitrogens with one attached hydrogen (secondary N) is 1. The summed E-state index contributed by atoms with van der Waals surface area (Å²) < 4.78 is 18.3. The quantitative estimate of drug-likeness (QED) is 0.928. The van der Waals surface area contributed by atoms with Crippen LogP contribution in [0.15, 0.2) is 24.3 Å². The van der Waals surface area contributed by atoms with Crippen molar-refractivity contribution in [1.29, 1.82) is 0 Å². The van der Waals surface area contributed by atoms with Gasteiger partial charge in [0.15, 0.2) is 0 Å². The van der Waals surface area contributed by atoms with Gasteiger partial charge in [0.1, 0.15) is 5.82 Å². The topological polar surface area (TPSA) is 38.3 Å². The molecule has 1 aliphatic heterocycles. The van der Waals surface area contributed by atoms with Gasteiger partial charge in [-0.15, -0.1) is 0 Å². The fourth-order valence-electron chi connectivity index (χ4n) is 3.65. The maximum atomic E-state index is 13.0. The Balaban J connectivity index is 1.55. The Kier molecular flexibility index (Phi) is 5.08. The second-order valence-corrected chi connectivity index (χ2v) is 6.52. The van der Waals surface area contributed by atoms with E-state index >= 15 is 0 Å². The highest BCUT2D eigenvalue weighted by Gasteiger charge is 2.31. The Labute approximate surface area is 131 Å². The monoisotopic (exact) mass is 305 g/mol. The maximum absolute atomic E-state index is 13.0. The summed E-state index contributed by atoms with van der Waals surface area (Å²) in [4.78, 5) is 12.4. The van der Waals surface area contributed by atoms with E-state index in [2.05, 4.69) is 5.32 Å². The lowest BCUT2D eigenvalue weighted by atomic mass is 9.93. The fourth-order valence-corrected chi connectivity index (χ4v) is 3.65. The van der Waals surface area contributed by atoms with E-state index in [1.54, 1.807) is 0 Å². The van der Waals surface area contributed by atoms with E-state index in [1.807, 2.05) is 12.1 Å². The van der Waals surface area contributed by atoms with Crippen LogP contribution in [0.25, 0.3) is 0 Å². The van der Waals surface area contributed by atoms with Crippen LogP contribution in [0.3, 0.4) is 0 Å². The molecule has 1 heterocycles. The van der Waals surface area contributed by atoms with Crippen molar-refractivity contribution in [3.63, 3.8) is 0 Å². The van der Waals surface area contributed by atoms with Gasteiger partial charge in [0.2, 0.25) is 5.91 Å². The van der Waals surface area contributed by atoms with Crippen LogP contribution < -0.4 is 5.32 Å². The van der Waals surface area contributed by atoms with E-state index in [4.69, 9.17) is 4.74 Å². The van der Waals surface area contributed by atoms with E-state index in [-0.39, 0.29) is 23.7 Å². The Morgan fingerprint density at radius 2 is 1.86 bits per heavy atom. The Morgan fingerprint density at radius 1 is 1.14 bits per heavy atom. The molecule has 1 aliphatic carbocycles. The Morgan fingerprint density at radius 3 is 2.59 bits per heavy atom. The van der Waals surface area contributed by atoms with Gasteiger partial charge in [0.25, 0.3) is 0 Å². The number of amides is 1. The summed E-state index contributed by atoms with van der Waals surface area (Å²) in [5.41, 5.74) is 1.15. The first-order chi connectivity index (χ1) is 10.7. The zero-order valence-corrected chi connectivity index (χ0v) is 12.9. The molecule has 120 valence electrons. The van der Waals surface area contributed by atoms with Crippen molar-refractivity contribution in [3.8, 4) is 0 Å². The van der Waals surface area contributed by atoms with Crippen LogP contribution >= 0.6 is 0 Å². The standard InChI is InChI=1S/C18H24FNO2/c19-16-6-4-13(5-7-16)12-15-2-1-3-17(15)20-18(21)14-8-10-22-11-9-14/h4-7,14-15,17H,1-3,8-12H2,(H,20,21)/t15-,17-/m0/s1. The van der Waals surface area contributed by atoms with Crippen LogP contribution in [0.4, 0.5) is 4.39 Å². The molecule has 0 bridgehead atoms. The van der Waals surface area contributed by atoms with E-state index < -0.39 is 0 Å². The number of carbonyl (C=O) groups excluding carboxylic acids is 1. The number of hydrogen-bond donors (Lipinski definition) is 1. The molecule has 2 atom stereocenters. The van der Waals surface area contributed by atoms with Crippen molar-refractivity contribution in [1.82, 2.24) is 5.32 Å². The molecular weight excluding hydrogens is 281 g/mol. The second kappa shape index (κ2) is 7.23. The molecule has 1 aromatic rings. The van der Waals surface area contributed by atoms with Crippen LogP contribution in [-0.4, -0.2) is 25.2 Å². The van der Waals surface area contributed by atoms with Crippen LogP contribution in [0.2, 0.25) is 0 Å². The van der Waals surface area contributed by atoms with E-state index in [1.165, 1.54) is 12.1 Å². The molecule has 3 nitrogen and oxygen atoms in total. The molecule has 1 N–H and O–H groups in total. The van der Waals surface area contributed by atoms with Gasteiger partial charge in [-0.25, -0.2) is 4.39 Å². The van der Waals surface area contributed by atoms with Crippen molar-refractivity contribution in [2.24, 2.45) is 11.8 Å². The van der Waals surface area contributed by atoms with Gasteiger partial charge in [-0.2, -0.15) is 0 Å². The molecule has 1 saturated heterocycles. The normalized spacial score (nSPS) is 26.0. The van der Waals surface area contributed by atoms with Crippen molar-refractivity contribution in [2.45, 2.75) is 44.6 Å². The van der Waals surface area contributed by atoms with Gasteiger partial charge in [-0.1, -0.05) is 18.6 Å². The summed E-state index contributed by atoms with van der Waals surface area (Å²) in [5.74, 6) is 0.578. The summed E-state index contributed by atoms with van der Waals surface area (Å²) >= 11 is 0. The average molecular weight is 305 g/mol. The number of halogens is 1. The number of rotatable bonds is 4. The molecule has 1 amide bonds. The fraction of sp³-hybridized carbons (Fsp3) is 0.611.